The van der Waals surface area contributed by atoms with E-state index in [1.165, 1.54) is 12.1 Å². The third kappa shape index (κ3) is 4.17. The minimum atomic E-state index is -0.245. The molecule has 0 spiro atoms. The number of piperazine rings is 1. The molecular weight excluding hydrogens is 331 g/mol. The summed E-state index contributed by atoms with van der Waals surface area (Å²) in [6.07, 6.45) is 0. The lowest BCUT2D eigenvalue weighted by Crippen LogP contribution is -2.50. The molecule has 1 heterocycles. The van der Waals surface area contributed by atoms with E-state index in [2.05, 4.69) is 4.90 Å². The Balaban J connectivity index is 1.49. The average molecular weight is 349 g/mol. The third-order valence-electron chi connectivity index (χ3n) is 3.98. The van der Waals surface area contributed by atoms with E-state index in [0.29, 0.717) is 37.0 Å². The van der Waals surface area contributed by atoms with E-state index in [1.54, 1.807) is 41.3 Å². The fourth-order valence-corrected chi connectivity index (χ4v) is 2.84. The van der Waals surface area contributed by atoms with Gasteiger partial charge in [-0.05, 0) is 42.5 Å². The Morgan fingerprint density at radius 3 is 2.46 bits per heavy atom. The average Bonchev–Trinajstić information content (AvgIpc) is 2.61. The molecule has 2 aromatic carbocycles. The predicted octanol–water partition coefficient (Wildman–Crippen LogP) is 3.21. The van der Waals surface area contributed by atoms with Gasteiger partial charge in [0, 0.05) is 36.9 Å². The number of anilines is 1. The van der Waals surface area contributed by atoms with E-state index in [4.69, 9.17) is 16.3 Å². The van der Waals surface area contributed by atoms with Gasteiger partial charge in [-0.25, -0.2) is 4.39 Å². The number of rotatable bonds is 4. The van der Waals surface area contributed by atoms with Crippen molar-refractivity contribution in [3.63, 3.8) is 0 Å². The van der Waals surface area contributed by atoms with Crippen molar-refractivity contribution >= 4 is 23.2 Å². The predicted molar refractivity (Wildman–Crippen MR) is 92.1 cm³/mol. The van der Waals surface area contributed by atoms with E-state index < -0.39 is 0 Å². The molecule has 1 aliphatic rings. The molecule has 1 aliphatic heterocycles. The van der Waals surface area contributed by atoms with Gasteiger partial charge in [0.15, 0.2) is 6.61 Å². The van der Waals surface area contributed by atoms with Gasteiger partial charge in [-0.2, -0.15) is 0 Å². The van der Waals surface area contributed by atoms with Gasteiger partial charge < -0.3 is 14.5 Å². The van der Waals surface area contributed by atoms with Crippen LogP contribution in [-0.4, -0.2) is 43.6 Å². The van der Waals surface area contributed by atoms with Crippen molar-refractivity contribution in [2.45, 2.75) is 0 Å². The second kappa shape index (κ2) is 7.53. The molecule has 0 radical (unpaired) electrons. The summed E-state index contributed by atoms with van der Waals surface area (Å²) >= 11 is 5.89. The van der Waals surface area contributed by atoms with Crippen LogP contribution in [0.25, 0.3) is 0 Å². The SMILES string of the molecule is O=C(COc1cccc(Cl)c1)N1CCN(c2ccc(F)cc2)CC1. The Morgan fingerprint density at radius 1 is 1.08 bits per heavy atom. The summed E-state index contributed by atoms with van der Waals surface area (Å²) in [6.45, 7) is 2.67. The zero-order valence-corrected chi connectivity index (χ0v) is 13.9. The third-order valence-corrected chi connectivity index (χ3v) is 4.22. The Bertz CT molecular complexity index is 700. The zero-order valence-electron chi connectivity index (χ0n) is 13.1. The molecule has 4 nitrogen and oxygen atoms in total. The summed E-state index contributed by atoms with van der Waals surface area (Å²) in [7, 11) is 0. The van der Waals surface area contributed by atoms with Crippen LogP contribution in [0.4, 0.5) is 10.1 Å². The first-order chi connectivity index (χ1) is 11.6. The van der Waals surface area contributed by atoms with E-state index in [9.17, 15) is 9.18 Å². The Kier molecular flexibility index (Phi) is 5.20. The molecule has 0 bridgehead atoms. The lowest BCUT2D eigenvalue weighted by atomic mass is 10.2. The lowest BCUT2D eigenvalue weighted by molar-refractivity contribution is -0.133. The topological polar surface area (TPSA) is 32.8 Å². The smallest absolute Gasteiger partial charge is 0.260 e. The van der Waals surface area contributed by atoms with Gasteiger partial charge in [0.25, 0.3) is 5.91 Å². The molecule has 6 heteroatoms. The highest BCUT2D eigenvalue weighted by Gasteiger charge is 2.21. The van der Waals surface area contributed by atoms with E-state index >= 15 is 0 Å². The summed E-state index contributed by atoms with van der Waals surface area (Å²) in [6, 6.07) is 13.4. The fourth-order valence-electron chi connectivity index (χ4n) is 2.66. The molecule has 1 fully saturated rings. The number of carbonyl (C=O) groups excluding carboxylic acids is 1. The maximum absolute atomic E-state index is 13.0. The monoisotopic (exact) mass is 348 g/mol. The number of benzene rings is 2. The summed E-state index contributed by atoms with van der Waals surface area (Å²) in [5.41, 5.74) is 0.971. The van der Waals surface area contributed by atoms with Gasteiger partial charge >= 0.3 is 0 Å². The summed E-state index contributed by atoms with van der Waals surface area (Å²) < 4.78 is 18.5. The highest BCUT2D eigenvalue weighted by Crippen LogP contribution is 2.18. The first-order valence-electron chi connectivity index (χ1n) is 7.78. The number of nitrogens with zero attached hydrogens (tertiary/aromatic N) is 2. The minimum Gasteiger partial charge on any atom is -0.484 e. The standard InChI is InChI=1S/C18H18ClFN2O2/c19-14-2-1-3-17(12-14)24-13-18(23)22-10-8-21(9-11-22)16-6-4-15(20)5-7-16/h1-7,12H,8-11,13H2. The fraction of sp³-hybridized carbons (Fsp3) is 0.278. The van der Waals surface area contributed by atoms with Gasteiger partial charge in [0.05, 0.1) is 0 Å². The van der Waals surface area contributed by atoms with Crippen LogP contribution < -0.4 is 9.64 Å². The van der Waals surface area contributed by atoms with Crippen LogP contribution in [0.5, 0.6) is 5.75 Å². The summed E-state index contributed by atoms with van der Waals surface area (Å²) in [5, 5.41) is 0.577. The number of hydrogen-bond donors (Lipinski definition) is 0. The normalized spacial score (nSPS) is 14.6. The van der Waals surface area contributed by atoms with Crippen molar-refractivity contribution in [2.24, 2.45) is 0 Å². The van der Waals surface area contributed by atoms with Crippen molar-refractivity contribution in [1.29, 1.82) is 0 Å². The maximum atomic E-state index is 13.0. The summed E-state index contributed by atoms with van der Waals surface area (Å²) in [5.74, 6) is 0.292. The Morgan fingerprint density at radius 2 is 1.79 bits per heavy atom. The first kappa shape index (κ1) is 16.6. The highest BCUT2D eigenvalue weighted by atomic mass is 35.5. The number of hydrogen-bond acceptors (Lipinski definition) is 3. The van der Waals surface area contributed by atoms with Crippen LogP contribution in [0.15, 0.2) is 48.5 Å². The van der Waals surface area contributed by atoms with Crippen LogP contribution in [0.2, 0.25) is 5.02 Å². The molecule has 0 aliphatic carbocycles. The molecule has 0 unspecified atom stereocenters. The second-order valence-electron chi connectivity index (χ2n) is 5.59. The molecule has 1 saturated heterocycles. The highest BCUT2D eigenvalue weighted by molar-refractivity contribution is 6.30. The number of halogens is 2. The molecule has 126 valence electrons. The molecular formula is C18H18ClFN2O2. The van der Waals surface area contributed by atoms with E-state index in [0.717, 1.165) is 5.69 Å². The number of carbonyl (C=O) groups is 1. The van der Waals surface area contributed by atoms with Crippen LogP contribution in [0, 0.1) is 5.82 Å². The molecule has 24 heavy (non-hydrogen) atoms. The molecule has 0 N–H and O–H groups in total. The number of amides is 1. The Labute approximate surface area is 145 Å². The molecule has 0 aromatic heterocycles. The van der Waals surface area contributed by atoms with Crippen molar-refractivity contribution in [2.75, 3.05) is 37.7 Å². The van der Waals surface area contributed by atoms with E-state index in [-0.39, 0.29) is 18.3 Å². The lowest BCUT2D eigenvalue weighted by Gasteiger charge is -2.36. The van der Waals surface area contributed by atoms with Crippen molar-refractivity contribution in [3.05, 3.63) is 59.4 Å². The quantitative estimate of drug-likeness (QED) is 0.850. The van der Waals surface area contributed by atoms with Crippen LogP contribution in [-0.2, 0) is 4.79 Å². The van der Waals surface area contributed by atoms with Gasteiger partial charge in [-0.15, -0.1) is 0 Å². The molecule has 2 aromatic rings. The van der Waals surface area contributed by atoms with Crippen molar-refractivity contribution in [3.8, 4) is 5.75 Å². The van der Waals surface area contributed by atoms with E-state index in [1.807, 2.05) is 0 Å². The number of ether oxygens (including phenoxy) is 1. The van der Waals surface area contributed by atoms with Crippen molar-refractivity contribution in [1.82, 2.24) is 4.90 Å². The molecule has 0 atom stereocenters. The van der Waals surface area contributed by atoms with Crippen LogP contribution in [0.1, 0.15) is 0 Å². The second-order valence-corrected chi connectivity index (χ2v) is 6.03. The molecule has 1 amide bonds. The first-order valence-corrected chi connectivity index (χ1v) is 8.16. The zero-order chi connectivity index (χ0) is 16.9. The largest absolute Gasteiger partial charge is 0.484 e. The summed E-state index contributed by atoms with van der Waals surface area (Å²) in [4.78, 5) is 16.2. The minimum absolute atomic E-state index is 0.00308. The maximum Gasteiger partial charge on any atom is 0.260 e. The molecule has 0 saturated carbocycles. The Hall–Kier alpha value is -2.27. The van der Waals surface area contributed by atoms with Crippen LogP contribution in [0.3, 0.4) is 0 Å². The van der Waals surface area contributed by atoms with Gasteiger partial charge in [-0.3, -0.25) is 4.79 Å². The van der Waals surface area contributed by atoms with Gasteiger partial charge in [-0.1, -0.05) is 17.7 Å². The van der Waals surface area contributed by atoms with Gasteiger partial charge in [0.2, 0.25) is 0 Å². The molecule has 3 rings (SSSR count). The van der Waals surface area contributed by atoms with Crippen molar-refractivity contribution < 1.29 is 13.9 Å². The van der Waals surface area contributed by atoms with Crippen LogP contribution >= 0.6 is 11.6 Å². The van der Waals surface area contributed by atoms with Gasteiger partial charge in [0.1, 0.15) is 11.6 Å².